The summed E-state index contributed by atoms with van der Waals surface area (Å²) in [6.07, 6.45) is 2.03. The monoisotopic (exact) mass is 382 g/mol. The van der Waals surface area contributed by atoms with Gasteiger partial charge in [-0.25, -0.2) is 4.98 Å². The van der Waals surface area contributed by atoms with Crippen molar-refractivity contribution in [2.45, 2.75) is 13.3 Å². The van der Waals surface area contributed by atoms with E-state index >= 15 is 0 Å². The molecule has 0 saturated carbocycles. The van der Waals surface area contributed by atoms with Gasteiger partial charge < -0.3 is 23.9 Å². The number of nitrogens with one attached hydrogen (secondary N) is 1. The maximum absolute atomic E-state index is 12.4. The highest BCUT2D eigenvalue weighted by Gasteiger charge is 2.17. The van der Waals surface area contributed by atoms with Crippen molar-refractivity contribution in [3.8, 4) is 17.2 Å². The van der Waals surface area contributed by atoms with Crippen LogP contribution in [-0.4, -0.2) is 32.2 Å². The molecule has 0 saturated heterocycles. The first kappa shape index (κ1) is 19.3. The van der Waals surface area contributed by atoms with Crippen LogP contribution in [0, 0.1) is 6.92 Å². The normalized spacial score (nSPS) is 10.4. The standard InChI is InChI=1S/C21H22N2O5/c1-13-7-8-22-20(9-13)23-21(24)17-6-5-14(28-17)10-16-18(26-3)11-15(25-2)12-19(16)27-4/h5-9,11-12H,10H2,1-4H3,(H,22,23,24). The lowest BCUT2D eigenvalue weighted by molar-refractivity contribution is 0.0994. The van der Waals surface area contributed by atoms with Crippen molar-refractivity contribution in [1.29, 1.82) is 0 Å². The second kappa shape index (κ2) is 8.47. The lowest BCUT2D eigenvalue weighted by atomic mass is 10.1. The predicted molar refractivity (Wildman–Crippen MR) is 105 cm³/mol. The highest BCUT2D eigenvalue weighted by Crippen LogP contribution is 2.35. The number of pyridine rings is 1. The van der Waals surface area contributed by atoms with Crippen LogP contribution in [0.1, 0.15) is 27.4 Å². The minimum absolute atomic E-state index is 0.199. The van der Waals surface area contributed by atoms with Gasteiger partial charge in [0.05, 0.1) is 21.3 Å². The van der Waals surface area contributed by atoms with Crippen molar-refractivity contribution in [3.05, 3.63) is 65.2 Å². The van der Waals surface area contributed by atoms with E-state index in [0.717, 1.165) is 11.1 Å². The van der Waals surface area contributed by atoms with Crippen LogP contribution in [0.4, 0.5) is 5.82 Å². The molecule has 1 N–H and O–H groups in total. The van der Waals surface area contributed by atoms with E-state index in [1.807, 2.05) is 13.0 Å². The fraction of sp³-hybridized carbons (Fsp3) is 0.238. The highest BCUT2D eigenvalue weighted by atomic mass is 16.5. The molecule has 0 aliphatic carbocycles. The molecule has 0 spiro atoms. The molecule has 1 amide bonds. The summed E-state index contributed by atoms with van der Waals surface area (Å²) in [5, 5.41) is 2.73. The summed E-state index contributed by atoms with van der Waals surface area (Å²) >= 11 is 0. The zero-order valence-corrected chi connectivity index (χ0v) is 16.2. The summed E-state index contributed by atoms with van der Waals surface area (Å²) in [6, 6.07) is 10.6. The van der Waals surface area contributed by atoms with Gasteiger partial charge in [-0.05, 0) is 36.8 Å². The zero-order valence-electron chi connectivity index (χ0n) is 16.2. The molecule has 0 aliphatic heterocycles. The molecule has 7 heteroatoms. The third-order valence-electron chi connectivity index (χ3n) is 4.21. The van der Waals surface area contributed by atoms with Crippen molar-refractivity contribution in [1.82, 2.24) is 4.98 Å². The van der Waals surface area contributed by atoms with Gasteiger partial charge in [0.2, 0.25) is 0 Å². The molecule has 0 bridgehead atoms. The first-order valence-electron chi connectivity index (χ1n) is 8.65. The number of methoxy groups -OCH3 is 3. The topological polar surface area (TPSA) is 82.8 Å². The van der Waals surface area contributed by atoms with Gasteiger partial charge in [0.1, 0.15) is 28.8 Å². The van der Waals surface area contributed by atoms with Crippen molar-refractivity contribution < 1.29 is 23.4 Å². The molecule has 0 unspecified atom stereocenters. The van der Waals surface area contributed by atoms with Gasteiger partial charge in [-0.2, -0.15) is 0 Å². The van der Waals surface area contributed by atoms with Crippen LogP contribution in [0.25, 0.3) is 0 Å². The summed E-state index contributed by atoms with van der Waals surface area (Å²) in [5.41, 5.74) is 1.80. The third-order valence-corrected chi connectivity index (χ3v) is 4.21. The Morgan fingerprint density at radius 3 is 2.36 bits per heavy atom. The average Bonchev–Trinajstić information content (AvgIpc) is 3.17. The molecule has 2 aromatic heterocycles. The van der Waals surface area contributed by atoms with E-state index in [9.17, 15) is 4.79 Å². The van der Waals surface area contributed by atoms with E-state index in [-0.39, 0.29) is 11.7 Å². The van der Waals surface area contributed by atoms with Crippen LogP contribution in [0.15, 0.2) is 47.0 Å². The Morgan fingerprint density at radius 1 is 1.04 bits per heavy atom. The quantitative estimate of drug-likeness (QED) is 0.668. The van der Waals surface area contributed by atoms with Crippen LogP contribution in [-0.2, 0) is 6.42 Å². The number of furan rings is 1. The van der Waals surface area contributed by atoms with Crippen LogP contribution in [0.3, 0.4) is 0 Å². The fourth-order valence-electron chi connectivity index (χ4n) is 2.80. The molecule has 3 rings (SSSR count). The number of carbonyl (C=O) groups excluding carboxylic acids is 1. The van der Waals surface area contributed by atoms with Crippen LogP contribution >= 0.6 is 0 Å². The Morgan fingerprint density at radius 2 is 1.75 bits per heavy atom. The minimum Gasteiger partial charge on any atom is -0.496 e. The number of aryl methyl sites for hydroxylation is 1. The van der Waals surface area contributed by atoms with Gasteiger partial charge in [0.25, 0.3) is 5.91 Å². The van der Waals surface area contributed by atoms with Gasteiger partial charge in [-0.1, -0.05) is 0 Å². The van der Waals surface area contributed by atoms with E-state index in [0.29, 0.717) is 35.2 Å². The molecule has 0 atom stereocenters. The van der Waals surface area contributed by atoms with Crippen LogP contribution in [0.2, 0.25) is 0 Å². The van der Waals surface area contributed by atoms with Crippen LogP contribution in [0.5, 0.6) is 17.2 Å². The Balaban J connectivity index is 1.80. The molecule has 0 radical (unpaired) electrons. The average molecular weight is 382 g/mol. The van der Waals surface area contributed by atoms with E-state index in [1.165, 1.54) is 0 Å². The molecule has 3 aromatic rings. The molecular weight excluding hydrogens is 360 g/mol. The first-order chi connectivity index (χ1) is 13.5. The Labute approximate surface area is 163 Å². The smallest absolute Gasteiger partial charge is 0.292 e. The fourth-order valence-corrected chi connectivity index (χ4v) is 2.80. The maximum atomic E-state index is 12.4. The molecule has 7 nitrogen and oxygen atoms in total. The van der Waals surface area contributed by atoms with E-state index in [2.05, 4.69) is 10.3 Å². The van der Waals surface area contributed by atoms with Crippen molar-refractivity contribution in [3.63, 3.8) is 0 Å². The lowest BCUT2D eigenvalue weighted by Crippen LogP contribution is -2.12. The van der Waals surface area contributed by atoms with Crippen molar-refractivity contribution >= 4 is 11.7 Å². The van der Waals surface area contributed by atoms with E-state index in [1.54, 1.807) is 57.9 Å². The summed E-state index contributed by atoms with van der Waals surface area (Å²) in [6.45, 7) is 1.93. The highest BCUT2D eigenvalue weighted by molar-refractivity contribution is 6.01. The van der Waals surface area contributed by atoms with Crippen LogP contribution < -0.4 is 19.5 Å². The first-order valence-corrected chi connectivity index (χ1v) is 8.65. The molecule has 0 aliphatic rings. The summed E-state index contributed by atoms with van der Waals surface area (Å²) < 4.78 is 21.9. The summed E-state index contributed by atoms with van der Waals surface area (Å²) in [4.78, 5) is 16.5. The number of anilines is 1. The molecule has 1 aromatic carbocycles. The predicted octanol–water partition coefficient (Wildman–Crippen LogP) is 3.85. The van der Waals surface area contributed by atoms with Crippen molar-refractivity contribution in [2.75, 3.05) is 26.6 Å². The van der Waals surface area contributed by atoms with Gasteiger partial charge in [0, 0.05) is 30.3 Å². The third kappa shape index (κ3) is 4.25. The summed E-state index contributed by atoms with van der Waals surface area (Å²) in [5.74, 6) is 2.76. The second-order valence-electron chi connectivity index (χ2n) is 6.13. The maximum Gasteiger partial charge on any atom is 0.292 e. The number of nitrogens with zero attached hydrogens (tertiary/aromatic N) is 1. The number of aromatic nitrogens is 1. The minimum atomic E-state index is -0.363. The molecule has 146 valence electrons. The number of ether oxygens (including phenoxy) is 3. The Hall–Kier alpha value is -3.48. The van der Waals surface area contributed by atoms with Gasteiger partial charge in [-0.15, -0.1) is 0 Å². The van der Waals surface area contributed by atoms with Gasteiger partial charge in [0.15, 0.2) is 5.76 Å². The van der Waals surface area contributed by atoms with Gasteiger partial charge >= 0.3 is 0 Å². The molecule has 0 fully saturated rings. The number of carbonyl (C=O) groups is 1. The number of hydrogen-bond acceptors (Lipinski definition) is 6. The zero-order chi connectivity index (χ0) is 20.1. The van der Waals surface area contributed by atoms with E-state index < -0.39 is 0 Å². The number of rotatable bonds is 7. The van der Waals surface area contributed by atoms with E-state index in [4.69, 9.17) is 18.6 Å². The Kier molecular flexibility index (Phi) is 5.84. The van der Waals surface area contributed by atoms with Crippen molar-refractivity contribution in [2.24, 2.45) is 0 Å². The molecule has 28 heavy (non-hydrogen) atoms. The largest absolute Gasteiger partial charge is 0.496 e. The number of amides is 1. The molecule has 2 heterocycles. The second-order valence-corrected chi connectivity index (χ2v) is 6.13. The summed E-state index contributed by atoms with van der Waals surface area (Å²) in [7, 11) is 4.73. The number of benzene rings is 1. The SMILES string of the molecule is COc1cc(OC)c(Cc2ccc(C(=O)Nc3cc(C)ccn3)o2)c(OC)c1. The molecular formula is C21H22N2O5. The number of hydrogen-bond donors (Lipinski definition) is 1. The lowest BCUT2D eigenvalue weighted by Gasteiger charge is -2.14. The Bertz CT molecular complexity index is 955. The van der Waals surface area contributed by atoms with Gasteiger partial charge in [-0.3, -0.25) is 4.79 Å².